The minimum absolute atomic E-state index is 0.0154. The van der Waals surface area contributed by atoms with E-state index in [4.69, 9.17) is 14.9 Å². The summed E-state index contributed by atoms with van der Waals surface area (Å²) in [5, 5.41) is 21.6. The number of carboxylic acid groups (broad SMARTS) is 1. The van der Waals surface area contributed by atoms with E-state index in [1.165, 1.54) is 0 Å². The average molecular weight is 296 g/mol. The molecule has 0 aliphatic rings. The number of carbonyl (C=O) groups excluding carboxylic acids is 2. The van der Waals surface area contributed by atoms with Crippen molar-refractivity contribution >= 4 is 18.0 Å². The number of aliphatic hydroxyl groups excluding tert-OH is 1. The van der Waals surface area contributed by atoms with Crippen molar-refractivity contribution in [3.05, 3.63) is 35.9 Å². The van der Waals surface area contributed by atoms with Crippen LogP contribution in [0.3, 0.4) is 0 Å². The number of rotatable bonds is 7. The molecule has 114 valence electrons. The number of aliphatic carboxylic acids is 1. The van der Waals surface area contributed by atoms with Crippen molar-refractivity contribution in [2.45, 2.75) is 12.6 Å². The molecule has 1 aromatic rings. The van der Waals surface area contributed by atoms with Crippen LogP contribution in [0.2, 0.25) is 0 Å². The number of alkyl carbamates (subject to hydrolysis) is 1. The SMILES string of the molecule is O=C(O)CNC(=O)C(CO)NC(=O)OCc1ccccc1. The van der Waals surface area contributed by atoms with Gasteiger partial charge >= 0.3 is 12.1 Å². The third-order valence-corrected chi connectivity index (χ3v) is 2.42. The van der Waals surface area contributed by atoms with Crippen LogP contribution in [0, 0.1) is 0 Å². The Kier molecular flexibility index (Phi) is 6.69. The Hall–Kier alpha value is -2.61. The highest BCUT2D eigenvalue weighted by molar-refractivity contribution is 5.88. The Morgan fingerprint density at radius 3 is 2.43 bits per heavy atom. The molecule has 8 heteroatoms. The molecule has 0 bridgehead atoms. The molecule has 0 aliphatic carbocycles. The fourth-order valence-electron chi connectivity index (χ4n) is 1.39. The molecule has 0 saturated carbocycles. The van der Waals surface area contributed by atoms with Gasteiger partial charge < -0.3 is 25.6 Å². The number of hydrogen-bond donors (Lipinski definition) is 4. The van der Waals surface area contributed by atoms with Crippen molar-refractivity contribution in [2.75, 3.05) is 13.2 Å². The Morgan fingerprint density at radius 1 is 1.19 bits per heavy atom. The lowest BCUT2D eigenvalue weighted by atomic mass is 10.2. The van der Waals surface area contributed by atoms with E-state index < -0.39 is 37.2 Å². The highest BCUT2D eigenvalue weighted by atomic mass is 16.5. The molecule has 1 unspecified atom stereocenters. The van der Waals surface area contributed by atoms with Gasteiger partial charge in [-0.25, -0.2) is 4.79 Å². The van der Waals surface area contributed by atoms with Gasteiger partial charge in [-0.2, -0.15) is 0 Å². The van der Waals surface area contributed by atoms with Crippen molar-refractivity contribution in [3.8, 4) is 0 Å². The van der Waals surface area contributed by atoms with E-state index in [-0.39, 0.29) is 6.61 Å². The number of nitrogens with one attached hydrogen (secondary N) is 2. The molecule has 21 heavy (non-hydrogen) atoms. The Morgan fingerprint density at radius 2 is 1.86 bits per heavy atom. The molecule has 0 heterocycles. The lowest BCUT2D eigenvalue weighted by Gasteiger charge is -2.15. The van der Waals surface area contributed by atoms with E-state index in [0.29, 0.717) is 0 Å². The van der Waals surface area contributed by atoms with E-state index in [1.54, 1.807) is 24.3 Å². The first-order valence-electron chi connectivity index (χ1n) is 6.10. The second kappa shape index (κ2) is 8.54. The molecule has 0 spiro atoms. The molecule has 2 amide bonds. The first-order chi connectivity index (χ1) is 10.0. The minimum atomic E-state index is -1.27. The zero-order valence-corrected chi connectivity index (χ0v) is 11.1. The summed E-state index contributed by atoms with van der Waals surface area (Å²) in [6.07, 6.45) is -0.886. The van der Waals surface area contributed by atoms with Crippen LogP contribution in [-0.2, 0) is 20.9 Å². The van der Waals surface area contributed by atoms with Crippen LogP contribution < -0.4 is 10.6 Å². The van der Waals surface area contributed by atoms with Crippen LogP contribution in [0.15, 0.2) is 30.3 Å². The van der Waals surface area contributed by atoms with Crippen LogP contribution in [-0.4, -0.2) is 47.4 Å². The summed E-state index contributed by atoms with van der Waals surface area (Å²) >= 11 is 0. The molecule has 1 aromatic carbocycles. The average Bonchev–Trinajstić information content (AvgIpc) is 2.49. The number of benzene rings is 1. The summed E-state index contributed by atoms with van der Waals surface area (Å²) < 4.78 is 4.88. The molecule has 0 radical (unpaired) electrons. The number of carbonyl (C=O) groups is 3. The Bertz CT molecular complexity index is 491. The first-order valence-corrected chi connectivity index (χ1v) is 6.10. The van der Waals surface area contributed by atoms with Crippen molar-refractivity contribution in [1.29, 1.82) is 0 Å². The fraction of sp³-hybridized carbons (Fsp3) is 0.308. The molecular formula is C13H16N2O6. The standard InChI is InChI=1S/C13H16N2O6/c16-7-10(12(19)14-6-11(17)18)15-13(20)21-8-9-4-2-1-3-5-9/h1-5,10,16H,6-8H2,(H,14,19)(H,15,20)(H,17,18). The Balaban J connectivity index is 2.40. The number of aliphatic hydroxyl groups is 1. The van der Waals surface area contributed by atoms with Crippen molar-refractivity contribution in [1.82, 2.24) is 10.6 Å². The van der Waals surface area contributed by atoms with E-state index in [0.717, 1.165) is 5.56 Å². The first kappa shape index (κ1) is 16.4. The van der Waals surface area contributed by atoms with Gasteiger partial charge in [0.2, 0.25) is 5.91 Å². The van der Waals surface area contributed by atoms with Gasteiger partial charge in [-0.1, -0.05) is 30.3 Å². The summed E-state index contributed by atoms with van der Waals surface area (Å²) in [6, 6.07) is 7.64. The molecule has 0 aromatic heterocycles. The summed E-state index contributed by atoms with van der Waals surface area (Å²) in [4.78, 5) is 33.3. The summed E-state index contributed by atoms with van der Waals surface area (Å²) in [6.45, 7) is -1.26. The quantitative estimate of drug-likeness (QED) is 0.536. The van der Waals surface area contributed by atoms with Gasteiger partial charge in [0, 0.05) is 0 Å². The van der Waals surface area contributed by atoms with E-state index in [9.17, 15) is 14.4 Å². The lowest BCUT2D eigenvalue weighted by Crippen LogP contribution is -2.49. The predicted octanol–water partition coefficient (Wildman–Crippen LogP) is -0.525. The Labute approximate surface area is 120 Å². The molecular weight excluding hydrogens is 280 g/mol. The second-order valence-corrected chi connectivity index (χ2v) is 4.05. The van der Waals surface area contributed by atoms with Crippen LogP contribution in [0.4, 0.5) is 4.79 Å². The maximum atomic E-state index is 11.5. The molecule has 1 rings (SSSR count). The third-order valence-electron chi connectivity index (χ3n) is 2.42. The molecule has 0 saturated heterocycles. The van der Waals surface area contributed by atoms with Gasteiger partial charge in [-0.15, -0.1) is 0 Å². The summed E-state index contributed by atoms with van der Waals surface area (Å²) in [5.41, 5.74) is 0.767. The monoisotopic (exact) mass is 296 g/mol. The van der Waals surface area contributed by atoms with Crippen LogP contribution in [0.1, 0.15) is 5.56 Å². The number of hydrogen-bond acceptors (Lipinski definition) is 5. The van der Waals surface area contributed by atoms with Gasteiger partial charge in [-0.3, -0.25) is 9.59 Å². The van der Waals surface area contributed by atoms with Gasteiger partial charge in [0.1, 0.15) is 19.2 Å². The number of amides is 2. The van der Waals surface area contributed by atoms with E-state index in [2.05, 4.69) is 5.32 Å². The largest absolute Gasteiger partial charge is 0.480 e. The highest BCUT2D eigenvalue weighted by Gasteiger charge is 2.20. The highest BCUT2D eigenvalue weighted by Crippen LogP contribution is 2.00. The van der Waals surface area contributed by atoms with Gasteiger partial charge in [0.15, 0.2) is 0 Å². The molecule has 0 aliphatic heterocycles. The predicted molar refractivity (Wildman–Crippen MR) is 71.3 cm³/mol. The van der Waals surface area contributed by atoms with E-state index in [1.807, 2.05) is 11.4 Å². The summed E-state index contributed by atoms with van der Waals surface area (Å²) in [7, 11) is 0. The molecule has 8 nitrogen and oxygen atoms in total. The van der Waals surface area contributed by atoms with E-state index >= 15 is 0 Å². The van der Waals surface area contributed by atoms with Crippen LogP contribution in [0.5, 0.6) is 0 Å². The smallest absolute Gasteiger partial charge is 0.408 e. The van der Waals surface area contributed by atoms with Crippen molar-refractivity contribution < 1.29 is 29.3 Å². The molecule has 0 fully saturated rings. The van der Waals surface area contributed by atoms with Crippen molar-refractivity contribution in [2.24, 2.45) is 0 Å². The maximum absolute atomic E-state index is 11.5. The number of ether oxygens (including phenoxy) is 1. The van der Waals surface area contributed by atoms with Crippen molar-refractivity contribution in [3.63, 3.8) is 0 Å². The zero-order chi connectivity index (χ0) is 15.7. The minimum Gasteiger partial charge on any atom is -0.480 e. The second-order valence-electron chi connectivity index (χ2n) is 4.05. The van der Waals surface area contributed by atoms with Gasteiger partial charge in [0.25, 0.3) is 0 Å². The molecule has 1 atom stereocenters. The third kappa shape index (κ3) is 6.39. The fourth-order valence-corrected chi connectivity index (χ4v) is 1.39. The lowest BCUT2D eigenvalue weighted by molar-refractivity contribution is -0.138. The number of carboxylic acids is 1. The molecule has 4 N–H and O–H groups in total. The van der Waals surface area contributed by atoms with Crippen LogP contribution >= 0.6 is 0 Å². The topological polar surface area (TPSA) is 125 Å². The summed E-state index contributed by atoms with van der Waals surface area (Å²) in [5.74, 6) is -2.04. The zero-order valence-electron chi connectivity index (χ0n) is 11.1. The normalized spacial score (nSPS) is 11.3. The maximum Gasteiger partial charge on any atom is 0.408 e. The van der Waals surface area contributed by atoms with Gasteiger partial charge in [-0.05, 0) is 5.56 Å². The van der Waals surface area contributed by atoms with Gasteiger partial charge in [0.05, 0.1) is 6.61 Å². The van der Waals surface area contributed by atoms with Crippen LogP contribution in [0.25, 0.3) is 0 Å².